The molecule has 0 spiro atoms. The van der Waals surface area contributed by atoms with Crippen LogP contribution in [0.2, 0.25) is 0 Å². The second-order valence-corrected chi connectivity index (χ2v) is 33.0. The van der Waals surface area contributed by atoms with Gasteiger partial charge < -0.3 is 53.9 Å². The third kappa shape index (κ3) is 34.6. The summed E-state index contributed by atoms with van der Waals surface area (Å²) in [5.41, 5.74) is 26.1. The normalized spacial score (nSPS) is 10.3. The van der Waals surface area contributed by atoms with Crippen molar-refractivity contribution in [3.63, 3.8) is 0 Å². The molecule has 0 saturated carbocycles. The molecule has 23 aromatic rings. The Labute approximate surface area is 940 Å². The number of allylic oxidation sites excluding steroid dienone is 4. The van der Waals surface area contributed by atoms with Crippen LogP contribution < -0.4 is 0 Å². The van der Waals surface area contributed by atoms with E-state index in [0.29, 0.717) is 11.1 Å². The number of aliphatic hydroxyl groups is 2. The topological polar surface area (TPSA) is 217 Å². The molecule has 0 unspecified atom stereocenters. The van der Waals surface area contributed by atoms with Crippen LogP contribution in [0.25, 0.3) is 167 Å². The number of carbonyl (C=O) groups excluding carboxylic acids is 2. The Morgan fingerprint density at radius 3 is 1.17 bits per heavy atom. The number of hydrogen-bond donors (Lipinski definition) is 2. The molecule has 150 heavy (non-hydrogen) atoms. The van der Waals surface area contributed by atoms with Crippen molar-refractivity contribution in [2.24, 2.45) is 0 Å². The molecule has 2 N–H and O–H groups in total. The number of hydrogen-bond acceptors (Lipinski definition) is 15. The van der Waals surface area contributed by atoms with Crippen molar-refractivity contribution in [2.75, 3.05) is 0 Å². The number of halogens is 2. The maximum absolute atomic E-state index is 13.5. The van der Waals surface area contributed by atoms with Crippen LogP contribution in [0.1, 0.15) is 55.5 Å². The van der Waals surface area contributed by atoms with Gasteiger partial charge in [0.15, 0.2) is 11.6 Å². The summed E-state index contributed by atoms with van der Waals surface area (Å²) in [6, 6.07) is 143. The summed E-state index contributed by atoms with van der Waals surface area (Å²) in [6.45, 7) is 15.3. The summed E-state index contributed by atoms with van der Waals surface area (Å²) < 4.78 is 38.8. The summed E-state index contributed by atoms with van der Waals surface area (Å²) in [7, 11) is 0. The van der Waals surface area contributed by atoms with E-state index in [4.69, 9.17) is 19.0 Å². The van der Waals surface area contributed by atoms with Crippen molar-refractivity contribution in [1.29, 1.82) is 0 Å². The number of furan rings is 2. The van der Waals surface area contributed by atoms with Gasteiger partial charge in [-0.15, -0.1) is 239 Å². The second-order valence-electron chi connectivity index (χ2n) is 33.0. The molecule has 0 atom stereocenters. The summed E-state index contributed by atoms with van der Waals surface area (Å²) in [4.78, 5) is 59.3. The Morgan fingerprint density at radius 2 is 0.720 bits per heavy atom. The standard InChI is InChI=1S/C18H15FN.C18H12NO.C17H10NO.C16H11FN.C16H11N2.3C11H8N.2C5H8O2.5Ir/c1-11-6-12(2)8-15(7-11)17-5-4-14-10-16(19)13(3)9-18(14)20-17;1-12-9-10-19-16(11-12)15-7-4-6-14-13-5-2-3-8-17(13)20-18(14)15;1-2-10-16-12(6-1)13-7-5-8-14(17(13)19-16)15-9-3-4-11-18-15;1-11-10-13(6-7-15(11)17)16-14-5-3-2-4-12(14)8-9-18-16;1-2-6-13(7-3-1)16-12-14(9-11-18-16)15-8-4-5-10-17-15;3*1-2-6-10(7-3-1)11-8-4-5-9-12-11;2*1-4(6)3-5(2)7;;;;;/h4-7,9-10H,1-3H3;2-6,8-11H,1H3;1-7,9-11H;2-5,7-10H,1H3;1-6,8-12H;3*1-6,8-9H;2*3,6H,1-2H3;;;;;/q8*-1;;;;;;;. The van der Waals surface area contributed by atoms with Gasteiger partial charge in [-0.05, 0) is 188 Å². The first-order chi connectivity index (χ1) is 70.6. The van der Waals surface area contributed by atoms with Gasteiger partial charge in [0.1, 0.15) is 17.0 Å². The molecule has 0 saturated heterocycles. The fourth-order valence-electron chi connectivity index (χ4n) is 15.1. The van der Waals surface area contributed by atoms with Gasteiger partial charge in [-0.1, -0.05) is 193 Å². The molecular formula is C128H99F2Ir5N9O6-8. The van der Waals surface area contributed by atoms with Crippen molar-refractivity contribution in [3.8, 4) is 101 Å². The average molecular weight is 2860 g/mol. The third-order valence-corrected chi connectivity index (χ3v) is 21.7. The van der Waals surface area contributed by atoms with E-state index in [1.807, 2.05) is 323 Å². The van der Waals surface area contributed by atoms with E-state index < -0.39 is 0 Å². The van der Waals surface area contributed by atoms with Crippen molar-refractivity contribution >= 4 is 77.1 Å². The number of aliphatic hydroxyl groups excluding tert-OH is 2. The number of aromatic nitrogens is 9. The van der Waals surface area contributed by atoms with E-state index in [-0.39, 0.29) is 135 Å². The molecule has 0 aliphatic rings. The van der Waals surface area contributed by atoms with Crippen LogP contribution in [0, 0.1) is 94.8 Å². The van der Waals surface area contributed by atoms with Gasteiger partial charge in [-0.2, -0.15) is 0 Å². The van der Waals surface area contributed by atoms with Crippen molar-refractivity contribution in [3.05, 3.63) is 525 Å². The largest absolute Gasteiger partial charge is 0.512 e. The predicted octanol–water partition coefficient (Wildman–Crippen LogP) is 31.4. The van der Waals surface area contributed by atoms with Gasteiger partial charge in [0, 0.05) is 184 Å². The van der Waals surface area contributed by atoms with Crippen LogP contribution in [0.4, 0.5) is 8.78 Å². The zero-order valence-corrected chi connectivity index (χ0v) is 94.9. The Morgan fingerprint density at radius 1 is 0.300 bits per heavy atom. The summed E-state index contributed by atoms with van der Waals surface area (Å²) in [5.74, 6) is -0.552. The Kier molecular flexibility index (Phi) is 47.9. The summed E-state index contributed by atoms with van der Waals surface area (Å²) in [5, 5.41) is 24.2. The first-order valence-corrected chi connectivity index (χ1v) is 46.5. The summed E-state index contributed by atoms with van der Waals surface area (Å²) in [6.07, 6.45) is 16.7. The minimum absolute atomic E-state index is 0. The minimum atomic E-state index is -0.237. The number of fused-ring (bicyclic) bond motifs is 8. The third-order valence-electron chi connectivity index (χ3n) is 21.7. The van der Waals surface area contributed by atoms with Gasteiger partial charge in [0.25, 0.3) is 0 Å². The molecule has 0 aliphatic carbocycles. The Bertz CT molecular complexity index is 7860. The predicted molar refractivity (Wildman–Crippen MR) is 579 cm³/mol. The molecule has 23 rings (SSSR count). The van der Waals surface area contributed by atoms with E-state index in [1.54, 1.807) is 69.4 Å². The van der Waals surface area contributed by atoms with E-state index in [2.05, 4.69) is 138 Å². The van der Waals surface area contributed by atoms with Crippen molar-refractivity contribution in [2.45, 2.75) is 62.3 Å². The second kappa shape index (κ2) is 60.8. The van der Waals surface area contributed by atoms with Gasteiger partial charge in [0.2, 0.25) is 0 Å². The van der Waals surface area contributed by atoms with Crippen LogP contribution in [0.3, 0.4) is 0 Å². The van der Waals surface area contributed by atoms with Crippen LogP contribution >= 0.6 is 0 Å². The first kappa shape index (κ1) is 118. The molecule has 0 bridgehead atoms. The fraction of sp³-hybridized carbons (Fsp3) is 0.0703. The quantitative estimate of drug-likeness (QED) is 0.0699. The molecule has 22 heteroatoms. The molecule has 11 aromatic heterocycles. The van der Waals surface area contributed by atoms with Crippen molar-refractivity contribution in [1.82, 2.24) is 44.9 Å². The van der Waals surface area contributed by atoms with Gasteiger partial charge in [-0.3, -0.25) is 23.9 Å². The van der Waals surface area contributed by atoms with Gasteiger partial charge in [-0.25, -0.2) is 4.39 Å². The Balaban J connectivity index is 0.000000187. The molecular weight excluding hydrogens is 2760 g/mol. The molecule has 0 amide bonds. The smallest absolute Gasteiger partial charge is 0.155 e. The van der Waals surface area contributed by atoms with Gasteiger partial charge in [0.05, 0.1) is 33.9 Å². The first-order valence-electron chi connectivity index (χ1n) is 46.5. The minimum Gasteiger partial charge on any atom is -0.512 e. The number of para-hydroxylation sites is 2. The number of pyridine rings is 9. The number of carbonyl (C=O) groups is 2. The molecule has 5 radical (unpaired) electrons. The summed E-state index contributed by atoms with van der Waals surface area (Å²) >= 11 is 0. The monoisotopic (exact) mass is 2860 g/mol. The van der Waals surface area contributed by atoms with Crippen LogP contribution in [-0.4, -0.2) is 66.6 Å². The maximum atomic E-state index is 13.5. The molecule has 15 nitrogen and oxygen atoms in total. The zero-order chi connectivity index (χ0) is 102. The SMILES string of the molecule is CC(=O)C=C(C)O.CC(=O)C=C(C)O.Cc1[c-]c(-c2ccc3cc(F)c(C)cc3n2)cc(C)c1.Cc1cc(-c2nccc3ccccc23)[c-]cc1F.Cc1ccnc(-c2[c-]ccc3c2oc2ccccc23)c1.[Ir].[Ir].[Ir].[Ir].[Ir].[c-]1ccc2c(oc3ccccc32)c1-c1ccccn1.[c-]1ccccc1-c1cc(-c2ccccn2)ccn1.[c-]1ccccc1-c1ccccn1.[c-]1ccccc1-c1ccccn1.[c-]1ccccc1-c1ccccn1. The van der Waals surface area contributed by atoms with Gasteiger partial charge >= 0.3 is 0 Å². The molecule has 0 aliphatic heterocycles. The van der Waals surface area contributed by atoms with E-state index in [0.717, 1.165) is 172 Å². The number of nitrogens with zero attached hydrogens (tertiary/aromatic N) is 9. The molecule has 759 valence electrons. The van der Waals surface area contributed by atoms with E-state index >= 15 is 0 Å². The fourth-order valence-corrected chi connectivity index (χ4v) is 15.1. The number of benzene rings is 12. The van der Waals surface area contributed by atoms with E-state index in [1.165, 1.54) is 63.1 Å². The van der Waals surface area contributed by atoms with Crippen molar-refractivity contribution < 1.29 is 138 Å². The zero-order valence-electron chi connectivity index (χ0n) is 82.9. The average Bonchev–Trinajstić information content (AvgIpc) is 1.62. The molecule has 12 aromatic carbocycles. The Hall–Kier alpha value is -15.4. The number of ketones is 2. The molecule has 11 heterocycles. The van der Waals surface area contributed by atoms with E-state index in [9.17, 15) is 18.4 Å². The maximum Gasteiger partial charge on any atom is 0.155 e. The molecule has 0 fully saturated rings. The number of rotatable bonds is 11. The number of aryl methyl sites for hydroxylation is 5. The van der Waals surface area contributed by atoms with Crippen LogP contribution in [0.5, 0.6) is 0 Å². The van der Waals surface area contributed by atoms with Crippen LogP contribution in [-0.2, 0) is 110 Å². The van der Waals surface area contributed by atoms with Crippen LogP contribution in [0.15, 0.2) is 446 Å².